The Bertz CT molecular complexity index is 442. The zero-order valence-electron chi connectivity index (χ0n) is 9.52. The van der Waals surface area contributed by atoms with E-state index in [1.54, 1.807) is 6.92 Å². The van der Waals surface area contributed by atoms with E-state index < -0.39 is 17.0 Å². The van der Waals surface area contributed by atoms with Gasteiger partial charge in [-0.1, -0.05) is 6.07 Å². The predicted octanol–water partition coefficient (Wildman–Crippen LogP) is 1.90. The van der Waals surface area contributed by atoms with Crippen LogP contribution in [0.5, 0.6) is 0 Å². The quantitative estimate of drug-likeness (QED) is 0.829. The maximum atomic E-state index is 13.4. The highest BCUT2D eigenvalue weighted by Crippen LogP contribution is 2.27. The summed E-state index contributed by atoms with van der Waals surface area (Å²) in [5.41, 5.74) is -0.665. The number of anilines is 1. The number of amides is 1. The number of hydrogen-bond acceptors (Lipinski definition) is 2. The van der Waals surface area contributed by atoms with Crippen LogP contribution in [0.15, 0.2) is 18.2 Å². The van der Waals surface area contributed by atoms with Crippen LogP contribution in [0.1, 0.15) is 13.3 Å². The molecule has 3 nitrogen and oxygen atoms in total. The molecule has 0 bridgehead atoms. The molecule has 0 aromatic heterocycles. The second kappa shape index (κ2) is 4.41. The Morgan fingerprint density at radius 2 is 2.24 bits per heavy atom. The van der Waals surface area contributed by atoms with Gasteiger partial charge in [0.2, 0.25) is 5.91 Å². The summed E-state index contributed by atoms with van der Waals surface area (Å²) in [6, 6.07) is 3.73. The Labute approximate surface area is 98.2 Å². The molecule has 1 atom stereocenters. The van der Waals surface area contributed by atoms with Crippen LogP contribution in [0.25, 0.3) is 0 Å². The molecule has 1 aromatic rings. The van der Waals surface area contributed by atoms with Crippen molar-refractivity contribution in [3.63, 3.8) is 0 Å². The minimum absolute atomic E-state index is 0.108. The molecule has 0 aliphatic carbocycles. The zero-order chi connectivity index (χ0) is 12.5. The SMILES string of the molecule is CC1(C(=O)Nc2cccc(F)c2F)CCNC1. The van der Waals surface area contributed by atoms with E-state index in [1.807, 2.05) is 0 Å². The van der Waals surface area contributed by atoms with Crippen LogP contribution in [-0.2, 0) is 4.79 Å². The lowest BCUT2D eigenvalue weighted by atomic mass is 9.89. The van der Waals surface area contributed by atoms with Crippen LogP contribution in [0.2, 0.25) is 0 Å². The number of halogens is 2. The van der Waals surface area contributed by atoms with Crippen molar-refractivity contribution in [3.8, 4) is 0 Å². The largest absolute Gasteiger partial charge is 0.323 e. The van der Waals surface area contributed by atoms with Crippen molar-refractivity contribution in [3.05, 3.63) is 29.8 Å². The predicted molar refractivity (Wildman–Crippen MR) is 60.6 cm³/mol. The fourth-order valence-corrected chi connectivity index (χ4v) is 1.88. The van der Waals surface area contributed by atoms with E-state index in [2.05, 4.69) is 10.6 Å². The van der Waals surface area contributed by atoms with Gasteiger partial charge in [-0.3, -0.25) is 4.79 Å². The van der Waals surface area contributed by atoms with Gasteiger partial charge in [-0.05, 0) is 32.0 Å². The van der Waals surface area contributed by atoms with Crippen LogP contribution in [0, 0.1) is 17.0 Å². The first-order valence-corrected chi connectivity index (χ1v) is 5.49. The molecule has 0 radical (unpaired) electrons. The van der Waals surface area contributed by atoms with E-state index in [9.17, 15) is 13.6 Å². The topological polar surface area (TPSA) is 41.1 Å². The van der Waals surface area contributed by atoms with E-state index in [-0.39, 0.29) is 11.6 Å². The Balaban J connectivity index is 2.16. The first-order valence-electron chi connectivity index (χ1n) is 5.49. The number of carbonyl (C=O) groups excluding carboxylic acids is 1. The highest BCUT2D eigenvalue weighted by Gasteiger charge is 2.36. The average molecular weight is 240 g/mol. The summed E-state index contributed by atoms with van der Waals surface area (Å²) in [6.07, 6.45) is 0.690. The van der Waals surface area contributed by atoms with Gasteiger partial charge in [-0.25, -0.2) is 8.78 Å². The summed E-state index contributed by atoms with van der Waals surface area (Å²) in [6.45, 7) is 3.12. The van der Waals surface area contributed by atoms with E-state index >= 15 is 0 Å². The summed E-state index contributed by atoms with van der Waals surface area (Å²) >= 11 is 0. The van der Waals surface area contributed by atoms with Crippen molar-refractivity contribution < 1.29 is 13.6 Å². The van der Waals surface area contributed by atoms with Crippen LogP contribution in [0.3, 0.4) is 0 Å². The summed E-state index contributed by atoms with van der Waals surface area (Å²) in [5.74, 6) is -2.26. The third-order valence-electron chi connectivity index (χ3n) is 3.12. The molecule has 1 unspecified atom stereocenters. The van der Waals surface area contributed by atoms with Gasteiger partial charge in [-0.15, -0.1) is 0 Å². The number of hydrogen-bond donors (Lipinski definition) is 2. The van der Waals surface area contributed by atoms with Crippen LogP contribution in [-0.4, -0.2) is 19.0 Å². The maximum absolute atomic E-state index is 13.4. The van der Waals surface area contributed by atoms with Crippen molar-refractivity contribution in [2.45, 2.75) is 13.3 Å². The second-order valence-corrected chi connectivity index (χ2v) is 4.54. The monoisotopic (exact) mass is 240 g/mol. The second-order valence-electron chi connectivity index (χ2n) is 4.54. The van der Waals surface area contributed by atoms with Gasteiger partial charge in [0.1, 0.15) is 0 Å². The van der Waals surface area contributed by atoms with Crippen molar-refractivity contribution in [2.75, 3.05) is 18.4 Å². The fourth-order valence-electron chi connectivity index (χ4n) is 1.88. The van der Waals surface area contributed by atoms with Gasteiger partial charge in [0.15, 0.2) is 11.6 Å². The van der Waals surface area contributed by atoms with Crippen molar-refractivity contribution in [1.29, 1.82) is 0 Å². The Hall–Kier alpha value is -1.49. The lowest BCUT2D eigenvalue weighted by molar-refractivity contribution is -0.123. The van der Waals surface area contributed by atoms with Crippen LogP contribution >= 0.6 is 0 Å². The van der Waals surface area contributed by atoms with E-state index in [1.165, 1.54) is 12.1 Å². The molecule has 1 aliphatic rings. The Kier molecular flexibility index (Phi) is 3.11. The van der Waals surface area contributed by atoms with E-state index in [0.717, 1.165) is 12.6 Å². The third-order valence-corrected chi connectivity index (χ3v) is 3.12. The van der Waals surface area contributed by atoms with E-state index in [0.29, 0.717) is 13.0 Å². The first-order chi connectivity index (χ1) is 8.03. The van der Waals surface area contributed by atoms with E-state index in [4.69, 9.17) is 0 Å². The molecule has 2 N–H and O–H groups in total. The maximum Gasteiger partial charge on any atom is 0.231 e. The Morgan fingerprint density at radius 1 is 1.47 bits per heavy atom. The zero-order valence-corrected chi connectivity index (χ0v) is 9.52. The molecule has 1 aliphatic heterocycles. The summed E-state index contributed by atoms with van der Waals surface area (Å²) < 4.78 is 26.3. The van der Waals surface area contributed by atoms with Crippen molar-refractivity contribution in [2.24, 2.45) is 5.41 Å². The normalized spacial score (nSPS) is 23.7. The molecule has 1 fully saturated rings. The molecule has 5 heteroatoms. The van der Waals surface area contributed by atoms with Gasteiger partial charge in [0.25, 0.3) is 0 Å². The van der Waals surface area contributed by atoms with Gasteiger partial charge in [0, 0.05) is 6.54 Å². The van der Waals surface area contributed by atoms with Gasteiger partial charge < -0.3 is 10.6 Å². The average Bonchev–Trinajstić information content (AvgIpc) is 2.73. The number of rotatable bonds is 2. The number of nitrogens with one attached hydrogen (secondary N) is 2. The molecule has 1 heterocycles. The molecular formula is C12H14F2N2O. The van der Waals surface area contributed by atoms with Crippen molar-refractivity contribution >= 4 is 11.6 Å². The smallest absolute Gasteiger partial charge is 0.231 e. The number of benzene rings is 1. The third kappa shape index (κ3) is 2.29. The molecular weight excluding hydrogens is 226 g/mol. The van der Waals surface area contributed by atoms with Gasteiger partial charge in [0.05, 0.1) is 11.1 Å². The van der Waals surface area contributed by atoms with Gasteiger partial charge >= 0.3 is 0 Å². The highest BCUT2D eigenvalue weighted by molar-refractivity contribution is 5.95. The lowest BCUT2D eigenvalue weighted by Crippen LogP contribution is -2.35. The molecule has 0 saturated carbocycles. The summed E-state index contributed by atoms with van der Waals surface area (Å²) in [7, 11) is 0. The minimum atomic E-state index is -1.02. The highest BCUT2D eigenvalue weighted by atomic mass is 19.2. The molecule has 1 amide bonds. The van der Waals surface area contributed by atoms with Crippen LogP contribution in [0.4, 0.5) is 14.5 Å². The standard InChI is InChI=1S/C12H14F2N2O/c1-12(5-6-15-7-12)11(17)16-9-4-2-3-8(13)10(9)14/h2-4,15H,5-7H2,1H3,(H,16,17). The molecule has 92 valence electrons. The summed E-state index contributed by atoms with van der Waals surface area (Å²) in [5, 5.41) is 5.52. The van der Waals surface area contributed by atoms with Crippen molar-refractivity contribution in [1.82, 2.24) is 5.32 Å². The van der Waals surface area contributed by atoms with Crippen LogP contribution < -0.4 is 10.6 Å². The molecule has 17 heavy (non-hydrogen) atoms. The lowest BCUT2D eigenvalue weighted by Gasteiger charge is -2.21. The molecule has 0 spiro atoms. The number of carbonyl (C=O) groups is 1. The molecule has 2 rings (SSSR count). The first kappa shape index (κ1) is 12.0. The fraction of sp³-hybridized carbons (Fsp3) is 0.417. The summed E-state index contributed by atoms with van der Waals surface area (Å²) in [4.78, 5) is 12.0. The minimum Gasteiger partial charge on any atom is -0.323 e. The Morgan fingerprint density at radius 3 is 2.88 bits per heavy atom. The molecule has 1 aromatic carbocycles. The molecule has 1 saturated heterocycles. The van der Waals surface area contributed by atoms with Gasteiger partial charge in [-0.2, -0.15) is 0 Å².